The first-order chi connectivity index (χ1) is 16.0. The first kappa shape index (κ1) is 21.3. The molecule has 3 aromatic heterocycles. The van der Waals surface area contributed by atoms with Crippen molar-refractivity contribution in [3.63, 3.8) is 0 Å². The van der Waals surface area contributed by atoms with Crippen molar-refractivity contribution in [2.45, 2.75) is 51.2 Å². The number of aromatic nitrogens is 5. The molecule has 2 atom stereocenters. The van der Waals surface area contributed by atoms with E-state index in [1.54, 1.807) is 17.2 Å². The largest absolute Gasteiger partial charge is 0.391 e. The molecule has 170 valence electrons. The van der Waals surface area contributed by atoms with Gasteiger partial charge in [0.05, 0.1) is 47.0 Å². The minimum atomic E-state index is -0.491. The number of aryl methyl sites for hydroxylation is 2. The van der Waals surface area contributed by atoms with Gasteiger partial charge in [0.15, 0.2) is 0 Å². The van der Waals surface area contributed by atoms with Crippen LogP contribution in [-0.2, 0) is 13.5 Å². The molecule has 1 amide bonds. The molecule has 0 aliphatic heterocycles. The zero-order chi connectivity index (χ0) is 22.9. The average molecular weight is 445 g/mol. The number of nitrogens with zero attached hydrogens (tertiary/aromatic N) is 4. The van der Waals surface area contributed by atoms with E-state index in [-0.39, 0.29) is 11.9 Å². The number of aromatic amines is 1. The van der Waals surface area contributed by atoms with Gasteiger partial charge in [0.2, 0.25) is 0 Å². The minimum absolute atomic E-state index is 0.179. The summed E-state index contributed by atoms with van der Waals surface area (Å²) >= 11 is 0. The second-order valence-electron chi connectivity index (χ2n) is 8.90. The first-order valence-electron chi connectivity index (χ1n) is 11.4. The van der Waals surface area contributed by atoms with Gasteiger partial charge < -0.3 is 15.4 Å². The third-order valence-corrected chi connectivity index (χ3v) is 6.57. The zero-order valence-electron chi connectivity index (χ0n) is 18.9. The van der Waals surface area contributed by atoms with Crippen LogP contribution in [0.5, 0.6) is 0 Å². The van der Waals surface area contributed by atoms with Gasteiger partial charge in [-0.3, -0.25) is 14.5 Å². The quantitative estimate of drug-likeness (QED) is 0.438. The van der Waals surface area contributed by atoms with E-state index in [0.29, 0.717) is 12.0 Å². The van der Waals surface area contributed by atoms with Crippen molar-refractivity contribution in [3.8, 4) is 11.3 Å². The number of hydrogen-bond acceptors (Lipinski definition) is 5. The summed E-state index contributed by atoms with van der Waals surface area (Å²) in [4.78, 5) is 25.4. The van der Waals surface area contributed by atoms with Crippen molar-refractivity contribution in [1.29, 1.82) is 0 Å². The molecule has 8 nitrogen and oxygen atoms in total. The topological polar surface area (TPSA) is 109 Å². The SMILES string of the molecule is Cc1c(Cc2ccc(-c3cnn(C)c3)nc2)cc(C(=O)N[C@H]2CCCC[C@@H]2O)c2[nH]cnc12. The van der Waals surface area contributed by atoms with E-state index in [1.165, 1.54) is 0 Å². The lowest BCUT2D eigenvalue weighted by atomic mass is 9.92. The average Bonchev–Trinajstić information content (AvgIpc) is 3.47. The predicted molar refractivity (Wildman–Crippen MR) is 126 cm³/mol. The maximum atomic E-state index is 13.2. The van der Waals surface area contributed by atoms with Crippen molar-refractivity contribution in [2.75, 3.05) is 0 Å². The second kappa shape index (κ2) is 8.78. The highest BCUT2D eigenvalue weighted by Gasteiger charge is 2.26. The van der Waals surface area contributed by atoms with Gasteiger partial charge in [0.25, 0.3) is 5.91 Å². The van der Waals surface area contributed by atoms with Gasteiger partial charge in [-0.25, -0.2) is 4.98 Å². The molecule has 33 heavy (non-hydrogen) atoms. The molecule has 0 spiro atoms. The van der Waals surface area contributed by atoms with Gasteiger partial charge in [-0.2, -0.15) is 5.10 Å². The van der Waals surface area contributed by atoms with E-state index in [0.717, 1.165) is 64.7 Å². The number of imidazole rings is 1. The summed E-state index contributed by atoms with van der Waals surface area (Å²) in [6.45, 7) is 2.03. The van der Waals surface area contributed by atoms with Crippen LogP contribution in [-0.4, -0.2) is 47.9 Å². The number of hydrogen-bond donors (Lipinski definition) is 3. The van der Waals surface area contributed by atoms with Crippen LogP contribution in [0.25, 0.3) is 22.3 Å². The van der Waals surface area contributed by atoms with Crippen LogP contribution in [0.4, 0.5) is 0 Å². The summed E-state index contributed by atoms with van der Waals surface area (Å²) in [6.07, 6.45) is 10.9. The van der Waals surface area contributed by atoms with Gasteiger partial charge in [-0.1, -0.05) is 18.9 Å². The standard InChI is InChI=1S/C25H28N6O2/c1-15-17(9-16-7-8-20(26-11-16)18-12-29-31(2)13-18)10-19(24-23(15)27-14-28-24)25(33)30-21-5-3-4-6-22(21)32/h7-8,10-14,21-22,32H,3-6,9H2,1-2H3,(H,27,28)(H,30,33)/t21-,22-/m0/s1. The molecule has 3 heterocycles. The number of pyridine rings is 1. The van der Waals surface area contributed by atoms with Crippen molar-refractivity contribution >= 4 is 16.9 Å². The van der Waals surface area contributed by atoms with Gasteiger partial charge in [0.1, 0.15) is 0 Å². The summed E-state index contributed by atoms with van der Waals surface area (Å²) < 4.78 is 1.76. The Morgan fingerprint density at radius 2 is 2.09 bits per heavy atom. The van der Waals surface area contributed by atoms with E-state index in [2.05, 4.69) is 31.4 Å². The lowest BCUT2D eigenvalue weighted by Crippen LogP contribution is -2.45. The van der Waals surface area contributed by atoms with Crippen molar-refractivity contribution in [1.82, 2.24) is 30.0 Å². The van der Waals surface area contributed by atoms with Crippen molar-refractivity contribution in [2.24, 2.45) is 7.05 Å². The number of nitrogens with one attached hydrogen (secondary N) is 2. The number of carbonyl (C=O) groups excluding carboxylic acids is 1. The summed E-state index contributed by atoms with van der Waals surface area (Å²) in [7, 11) is 1.88. The third kappa shape index (κ3) is 4.26. The van der Waals surface area contributed by atoms with Gasteiger partial charge in [-0.15, -0.1) is 0 Å². The van der Waals surface area contributed by atoms with Crippen LogP contribution < -0.4 is 5.32 Å². The molecule has 1 aromatic carbocycles. The highest BCUT2D eigenvalue weighted by atomic mass is 16.3. The Balaban J connectivity index is 1.42. The molecule has 3 N–H and O–H groups in total. The molecule has 1 saturated carbocycles. The van der Waals surface area contributed by atoms with Crippen LogP contribution in [0.1, 0.15) is 52.7 Å². The van der Waals surface area contributed by atoms with Gasteiger partial charge >= 0.3 is 0 Å². The highest BCUT2D eigenvalue weighted by Crippen LogP contribution is 2.27. The number of fused-ring (bicyclic) bond motifs is 1. The molecule has 0 radical (unpaired) electrons. The summed E-state index contributed by atoms with van der Waals surface area (Å²) in [6, 6.07) is 5.78. The first-order valence-corrected chi connectivity index (χ1v) is 11.4. The summed E-state index contributed by atoms with van der Waals surface area (Å²) in [5.74, 6) is -0.179. The predicted octanol–water partition coefficient (Wildman–Crippen LogP) is 3.29. The number of rotatable bonds is 5. The van der Waals surface area contributed by atoms with E-state index in [9.17, 15) is 9.90 Å². The Hall–Kier alpha value is -3.52. The molecule has 0 bridgehead atoms. The normalized spacial score (nSPS) is 18.5. The van der Waals surface area contributed by atoms with Crippen molar-refractivity contribution in [3.05, 3.63) is 65.4 Å². The highest BCUT2D eigenvalue weighted by molar-refractivity contribution is 6.06. The van der Waals surface area contributed by atoms with Gasteiger partial charge in [-0.05, 0) is 55.0 Å². The molecule has 0 unspecified atom stereocenters. The van der Waals surface area contributed by atoms with Gasteiger partial charge in [0, 0.05) is 25.0 Å². The Morgan fingerprint density at radius 1 is 1.24 bits per heavy atom. The Kier molecular flexibility index (Phi) is 5.68. The van der Waals surface area contributed by atoms with Crippen LogP contribution in [0.3, 0.4) is 0 Å². The fourth-order valence-corrected chi connectivity index (χ4v) is 4.65. The zero-order valence-corrected chi connectivity index (χ0v) is 18.9. The molecular formula is C25H28N6O2. The van der Waals surface area contributed by atoms with E-state index in [4.69, 9.17) is 0 Å². The van der Waals surface area contributed by atoms with Crippen molar-refractivity contribution < 1.29 is 9.90 Å². The summed E-state index contributed by atoms with van der Waals surface area (Å²) in [5.41, 5.74) is 7.04. The smallest absolute Gasteiger partial charge is 0.253 e. The number of amides is 1. The van der Waals surface area contributed by atoms with E-state index in [1.807, 2.05) is 38.5 Å². The number of carbonyl (C=O) groups is 1. The molecule has 8 heteroatoms. The Labute approximate surface area is 192 Å². The Morgan fingerprint density at radius 3 is 2.82 bits per heavy atom. The van der Waals surface area contributed by atoms with Crippen LogP contribution >= 0.6 is 0 Å². The lowest BCUT2D eigenvalue weighted by molar-refractivity contribution is 0.0718. The number of aliphatic hydroxyl groups is 1. The minimum Gasteiger partial charge on any atom is -0.391 e. The fourth-order valence-electron chi connectivity index (χ4n) is 4.65. The number of benzene rings is 1. The van der Waals surface area contributed by atoms with Crippen LogP contribution in [0, 0.1) is 6.92 Å². The molecule has 1 fully saturated rings. The monoisotopic (exact) mass is 444 g/mol. The maximum Gasteiger partial charge on any atom is 0.253 e. The van der Waals surface area contributed by atoms with E-state index >= 15 is 0 Å². The summed E-state index contributed by atoms with van der Waals surface area (Å²) in [5, 5.41) is 17.5. The number of H-pyrrole nitrogens is 1. The number of aliphatic hydroxyl groups excluding tert-OH is 1. The fraction of sp³-hybridized carbons (Fsp3) is 0.360. The Bertz CT molecular complexity index is 1290. The second-order valence-corrected chi connectivity index (χ2v) is 8.90. The molecule has 5 rings (SSSR count). The molecule has 1 aliphatic carbocycles. The molecule has 4 aromatic rings. The lowest BCUT2D eigenvalue weighted by Gasteiger charge is -2.28. The molecule has 0 saturated heterocycles. The van der Waals surface area contributed by atoms with Crippen LogP contribution in [0.15, 0.2) is 43.1 Å². The molecule has 1 aliphatic rings. The molecular weight excluding hydrogens is 416 g/mol. The maximum absolute atomic E-state index is 13.2. The van der Waals surface area contributed by atoms with E-state index < -0.39 is 6.10 Å². The van der Waals surface area contributed by atoms with Crippen LogP contribution in [0.2, 0.25) is 0 Å². The third-order valence-electron chi connectivity index (χ3n) is 6.57.